The van der Waals surface area contributed by atoms with Crippen LogP contribution in [0.25, 0.3) is 0 Å². The number of hydrogen-bond donors (Lipinski definition) is 2. The topological polar surface area (TPSA) is 201 Å². The minimum atomic E-state index is -1.32. The molecule has 3 fully saturated rings. The Morgan fingerprint density at radius 3 is 2.25 bits per heavy atom. The third kappa shape index (κ3) is 9.84. The first-order valence-corrected chi connectivity index (χ1v) is 20.2. The van der Waals surface area contributed by atoms with Gasteiger partial charge in [0.25, 0.3) is 23.3 Å². The van der Waals surface area contributed by atoms with Crippen molar-refractivity contribution in [3.63, 3.8) is 0 Å². The molecule has 0 radical (unpaired) electrons. The Labute approximate surface area is 348 Å². The Morgan fingerprint density at radius 1 is 0.917 bits per heavy atom. The number of carbonyl (C=O) groups excluding carboxylic acids is 5. The Morgan fingerprint density at radius 2 is 1.60 bits per heavy atom. The summed E-state index contributed by atoms with van der Waals surface area (Å²) in [6.45, 7) is 10.0. The van der Waals surface area contributed by atoms with E-state index in [2.05, 4.69) is 34.5 Å². The predicted molar refractivity (Wildman–Crippen MR) is 219 cm³/mol. The summed E-state index contributed by atoms with van der Waals surface area (Å²) in [5, 5.41) is 16.2. The molecule has 60 heavy (non-hydrogen) atoms. The molecular weight excluding hydrogens is 775 g/mol. The third-order valence-corrected chi connectivity index (χ3v) is 11.0. The van der Waals surface area contributed by atoms with E-state index in [0.29, 0.717) is 16.2 Å². The van der Waals surface area contributed by atoms with E-state index >= 15 is 0 Å². The molecule has 320 valence electrons. The number of ether oxygens (including phenoxy) is 2. The zero-order valence-electron chi connectivity index (χ0n) is 34.9. The van der Waals surface area contributed by atoms with Crippen LogP contribution in [0.3, 0.4) is 0 Å². The molecule has 2 N–H and O–H groups in total. The average molecular weight is 828 g/mol. The minimum Gasteiger partial charge on any atom is -0.489 e. The van der Waals surface area contributed by atoms with Gasteiger partial charge in [0.2, 0.25) is 5.91 Å². The summed E-state index contributed by atoms with van der Waals surface area (Å²) in [6.07, 6.45) is 3.62. The molecule has 3 aromatic rings. The molecule has 0 spiro atoms. The van der Waals surface area contributed by atoms with Crippen LogP contribution in [0.4, 0.5) is 15.3 Å². The van der Waals surface area contributed by atoms with Crippen molar-refractivity contribution >= 4 is 41.5 Å². The van der Waals surface area contributed by atoms with E-state index in [1.807, 2.05) is 12.1 Å². The number of rotatable bonds is 7. The van der Waals surface area contributed by atoms with Gasteiger partial charge in [-0.3, -0.25) is 28.9 Å². The number of piperidine rings is 3. The molecule has 5 heterocycles. The van der Waals surface area contributed by atoms with Crippen LogP contribution in [-0.2, 0) is 28.0 Å². The highest BCUT2D eigenvalue weighted by molar-refractivity contribution is 6.24. The van der Waals surface area contributed by atoms with Crippen LogP contribution >= 0.6 is 0 Å². The third-order valence-electron chi connectivity index (χ3n) is 11.0. The maximum Gasteiger partial charge on any atom is 0.424 e. The molecule has 6 amide bonds. The number of anilines is 1. The summed E-state index contributed by atoms with van der Waals surface area (Å²) in [5.41, 5.74) is 2.58. The fourth-order valence-corrected chi connectivity index (χ4v) is 7.94. The lowest BCUT2D eigenvalue weighted by Crippen LogP contribution is -2.58. The van der Waals surface area contributed by atoms with E-state index in [1.54, 1.807) is 47.0 Å². The van der Waals surface area contributed by atoms with Crippen molar-refractivity contribution in [3.8, 4) is 5.75 Å². The maximum atomic E-state index is 13.5. The Kier molecular flexibility index (Phi) is 13.1. The molecule has 4 aliphatic heterocycles. The second-order valence-corrected chi connectivity index (χ2v) is 16.8. The van der Waals surface area contributed by atoms with Crippen LogP contribution in [0, 0.1) is 6.92 Å². The fourth-order valence-electron chi connectivity index (χ4n) is 7.94. The Balaban J connectivity index is 0.000000594. The largest absolute Gasteiger partial charge is 0.489 e. The monoisotopic (exact) mass is 827 g/mol. The van der Waals surface area contributed by atoms with Gasteiger partial charge < -0.3 is 29.7 Å². The molecule has 7 rings (SSSR count). The number of hydrogen-bond acceptors (Lipinski definition) is 12. The smallest absolute Gasteiger partial charge is 0.424 e. The van der Waals surface area contributed by atoms with Gasteiger partial charge in [-0.25, -0.2) is 14.3 Å². The number of nitrogens with zero attached hydrogens (tertiary/aromatic N) is 6. The highest BCUT2D eigenvalue weighted by atomic mass is 16.6. The lowest BCUT2D eigenvalue weighted by molar-refractivity contribution is -0.149. The van der Waals surface area contributed by atoms with E-state index < -0.39 is 47.5 Å². The number of likely N-dealkylation sites (tertiary alicyclic amines) is 3. The molecule has 0 aliphatic carbocycles. The molecule has 1 unspecified atom stereocenters. The minimum absolute atomic E-state index is 0.0767. The molecule has 17 nitrogen and oxygen atoms in total. The summed E-state index contributed by atoms with van der Waals surface area (Å²) in [4.78, 5) is 92.9. The molecule has 1 aromatic heterocycles. The Hall–Kier alpha value is -6.10. The van der Waals surface area contributed by atoms with E-state index in [1.165, 1.54) is 33.7 Å². The van der Waals surface area contributed by atoms with Gasteiger partial charge in [-0.2, -0.15) is 10.00 Å². The van der Waals surface area contributed by atoms with Gasteiger partial charge in [-0.1, -0.05) is 24.3 Å². The summed E-state index contributed by atoms with van der Waals surface area (Å²) >= 11 is 0. The molecule has 17 heteroatoms. The van der Waals surface area contributed by atoms with Crippen molar-refractivity contribution in [2.75, 3.05) is 38.5 Å². The van der Waals surface area contributed by atoms with Crippen molar-refractivity contribution in [1.82, 2.24) is 29.4 Å². The molecule has 0 saturated carbocycles. The number of carboxylic acid groups (broad SMARTS) is 1. The number of aromatic nitrogens is 2. The van der Waals surface area contributed by atoms with Crippen molar-refractivity contribution in [1.29, 1.82) is 0 Å². The van der Waals surface area contributed by atoms with Crippen molar-refractivity contribution in [2.45, 2.75) is 96.4 Å². The van der Waals surface area contributed by atoms with Gasteiger partial charge in [0.15, 0.2) is 0 Å². The second kappa shape index (κ2) is 18.0. The maximum absolute atomic E-state index is 13.5. The molecule has 3 atom stereocenters. The summed E-state index contributed by atoms with van der Waals surface area (Å²) in [5.74, 6) is -2.47. The summed E-state index contributed by atoms with van der Waals surface area (Å²) in [7, 11) is 3.72. The first kappa shape index (κ1) is 43.5. The summed E-state index contributed by atoms with van der Waals surface area (Å²) < 4.78 is 12.6. The SMILES string of the molecule is Cc1c(N[C@@H]2C[C@H](c3ccc(COc4ccc5c(c4)C(=O)N(C4CCC(=O)N(C(=O)OC(C)(C)C)C4=O)C5=O)cc3)CN(C)C2)cnn(C)c1=O.O=C(O)N1CCCCC1. The molecule has 4 aliphatic rings. The lowest BCUT2D eigenvalue weighted by atomic mass is 9.87. The quantitative estimate of drug-likeness (QED) is 0.309. The van der Waals surface area contributed by atoms with E-state index in [-0.39, 0.29) is 48.1 Å². The van der Waals surface area contributed by atoms with Crippen LogP contribution in [0.2, 0.25) is 0 Å². The number of carbonyl (C=O) groups is 6. The van der Waals surface area contributed by atoms with Crippen LogP contribution in [0.15, 0.2) is 53.5 Å². The first-order chi connectivity index (χ1) is 28.4. The molecule has 3 saturated heterocycles. The van der Waals surface area contributed by atoms with Crippen LogP contribution in [0.5, 0.6) is 5.75 Å². The predicted octanol–water partition coefficient (Wildman–Crippen LogP) is 4.77. The number of nitrogens with one attached hydrogen (secondary N) is 1. The highest BCUT2D eigenvalue weighted by Crippen LogP contribution is 2.33. The highest BCUT2D eigenvalue weighted by Gasteiger charge is 2.49. The molecular formula is C43H53N7O10. The van der Waals surface area contributed by atoms with Gasteiger partial charge in [-0.05, 0) is 102 Å². The van der Waals surface area contributed by atoms with Crippen LogP contribution in [0.1, 0.15) is 103 Å². The Bertz CT molecular complexity index is 2210. The number of benzene rings is 2. The number of amides is 6. The second-order valence-electron chi connectivity index (χ2n) is 16.8. The van der Waals surface area contributed by atoms with E-state index in [0.717, 1.165) is 61.6 Å². The molecule has 2 aromatic carbocycles. The van der Waals surface area contributed by atoms with Crippen molar-refractivity contribution < 1.29 is 43.3 Å². The van der Waals surface area contributed by atoms with Gasteiger partial charge in [0, 0.05) is 51.3 Å². The van der Waals surface area contributed by atoms with Gasteiger partial charge >= 0.3 is 12.2 Å². The zero-order valence-corrected chi connectivity index (χ0v) is 34.9. The standard InChI is InChI=1S/C37H42N6O8.C6H11NO2/c1-21-29(17-38-41(6)32(21)45)39-25-15-24(18-40(5)19-25)23-9-7-22(8-10-23)20-50-26-11-12-27-28(16-26)34(47)42(33(27)46)30-13-14-31(44)43(35(30)48)36(49)51-37(2,3)4;8-6(9)7-4-2-1-3-5-7/h7-12,16-17,24-25,30,39H,13-15,18-20H2,1-6H3;1-5H2,(H,8,9)/t24-,25+,30?;/m0./s1. The van der Waals surface area contributed by atoms with Gasteiger partial charge in [-0.15, -0.1) is 0 Å². The fraction of sp³-hybridized carbons (Fsp3) is 0.488. The van der Waals surface area contributed by atoms with Gasteiger partial charge in [0.1, 0.15) is 24.0 Å². The van der Waals surface area contributed by atoms with Crippen molar-refractivity contribution in [3.05, 3.63) is 86.8 Å². The number of imide groups is 4. The lowest BCUT2D eigenvalue weighted by Gasteiger charge is -2.37. The van der Waals surface area contributed by atoms with E-state index in [4.69, 9.17) is 14.6 Å². The normalized spacial score (nSPS) is 21.0. The number of fused-ring (bicyclic) bond motifs is 1. The van der Waals surface area contributed by atoms with Gasteiger partial charge in [0.05, 0.1) is 23.0 Å². The van der Waals surface area contributed by atoms with Crippen LogP contribution < -0.4 is 15.6 Å². The first-order valence-electron chi connectivity index (χ1n) is 20.2. The zero-order chi connectivity index (χ0) is 43.5. The molecule has 0 bridgehead atoms. The van der Waals surface area contributed by atoms with E-state index in [9.17, 15) is 33.6 Å². The van der Waals surface area contributed by atoms with Crippen LogP contribution in [-0.4, -0.2) is 121 Å². The number of aryl methyl sites for hydroxylation is 1. The number of likely N-dealkylation sites (N-methyl/N-ethyl adjacent to an activating group) is 1. The summed E-state index contributed by atoms with van der Waals surface area (Å²) in [6, 6.07) is 11.5. The van der Waals surface area contributed by atoms with Crippen molar-refractivity contribution in [2.24, 2.45) is 7.05 Å². The average Bonchev–Trinajstić information content (AvgIpc) is 3.45.